The number of hydrazone groups is 1. The fraction of sp³-hybridized carbons (Fsp3) is 0.143. The zero-order valence-electron chi connectivity index (χ0n) is 10.7. The zero-order chi connectivity index (χ0) is 13.8. The van der Waals surface area contributed by atoms with Gasteiger partial charge in [-0.2, -0.15) is 5.10 Å². The first-order valence-electron chi connectivity index (χ1n) is 5.79. The van der Waals surface area contributed by atoms with Crippen LogP contribution >= 0.6 is 0 Å². The van der Waals surface area contributed by atoms with Crippen LogP contribution in [-0.2, 0) is 7.05 Å². The highest BCUT2D eigenvalue weighted by Crippen LogP contribution is 2.04. The van der Waals surface area contributed by atoms with E-state index >= 15 is 0 Å². The van der Waals surface area contributed by atoms with Crippen LogP contribution in [0.15, 0.2) is 41.5 Å². The van der Waals surface area contributed by atoms with Crippen molar-refractivity contribution in [1.29, 1.82) is 0 Å². The Morgan fingerprint density at radius 3 is 2.79 bits per heavy atom. The average Bonchev–Trinajstić information content (AvgIpc) is 2.70. The number of aromatic nitrogens is 1. The number of rotatable bonds is 3. The topological polar surface area (TPSA) is 46.4 Å². The maximum atomic E-state index is 12.9. The minimum Gasteiger partial charge on any atom is -0.347 e. The normalized spacial score (nSPS) is 10.9. The lowest BCUT2D eigenvalue weighted by molar-refractivity contribution is 0.0954. The number of carbonyl (C=O) groups excluding carboxylic acids is 1. The van der Waals surface area contributed by atoms with Crippen molar-refractivity contribution < 1.29 is 9.18 Å². The van der Waals surface area contributed by atoms with E-state index in [0.29, 0.717) is 0 Å². The largest absolute Gasteiger partial charge is 0.347 e. The molecule has 0 bridgehead atoms. The van der Waals surface area contributed by atoms with E-state index in [0.717, 1.165) is 17.5 Å². The summed E-state index contributed by atoms with van der Waals surface area (Å²) in [5, 5.41) is 3.85. The molecule has 19 heavy (non-hydrogen) atoms. The number of aryl methyl sites for hydroxylation is 1. The molecule has 0 aliphatic heterocycles. The van der Waals surface area contributed by atoms with Gasteiger partial charge in [0.15, 0.2) is 0 Å². The summed E-state index contributed by atoms with van der Waals surface area (Å²) in [6.07, 6.45) is 1.55. The quantitative estimate of drug-likeness (QED) is 0.667. The second kappa shape index (κ2) is 5.48. The fourth-order valence-electron chi connectivity index (χ4n) is 1.61. The number of halogens is 1. The Morgan fingerprint density at radius 2 is 2.16 bits per heavy atom. The van der Waals surface area contributed by atoms with Gasteiger partial charge in [-0.3, -0.25) is 4.79 Å². The summed E-state index contributed by atoms with van der Waals surface area (Å²) < 4.78 is 14.9. The van der Waals surface area contributed by atoms with Gasteiger partial charge in [-0.05, 0) is 37.3 Å². The third kappa shape index (κ3) is 3.07. The molecule has 1 aromatic heterocycles. The van der Waals surface area contributed by atoms with Gasteiger partial charge >= 0.3 is 0 Å². The van der Waals surface area contributed by atoms with Crippen LogP contribution in [0.4, 0.5) is 4.39 Å². The van der Waals surface area contributed by atoms with Gasteiger partial charge in [0.1, 0.15) is 5.82 Å². The number of hydrogen-bond acceptors (Lipinski definition) is 2. The Bertz CT molecular complexity index is 631. The van der Waals surface area contributed by atoms with E-state index < -0.39 is 11.7 Å². The molecule has 0 saturated heterocycles. The van der Waals surface area contributed by atoms with Crippen LogP contribution in [0.2, 0.25) is 0 Å². The Labute approximate surface area is 110 Å². The van der Waals surface area contributed by atoms with E-state index in [1.807, 2.05) is 30.7 Å². The number of carbonyl (C=O) groups is 1. The average molecular weight is 259 g/mol. The van der Waals surface area contributed by atoms with Crippen LogP contribution < -0.4 is 5.43 Å². The molecule has 1 N–H and O–H groups in total. The van der Waals surface area contributed by atoms with Crippen LogP contribution in [-0.4, -0.2) is 16.7 Å². The van der Waals surface area contributed by atoms with E-state index in [4.69, 9.17) is 0 Å². The highest BCUT2D eigenvalue weighted by Gasteiger charge is 2.04. The first-order chi connectivity index (χ1) is 9.08. The molecule has 2 aromatic rings. The molecular formula is C14H14FN3O. The molecule has 0 unspecified atom stereocenters. The van der Waals surface area contributed by atoms with Gasteiger partial charge in [0.05, 0.1) is 11.9 Å². The summed E-state index contributed by atoms with van der Waals surface area (Å²) in [6, 6.07) is 9.31. The molecule has 0 saturated carbocycles. The summed E-state index contributed by atoms with van der Waals surface area (Å²) in [7, 11) is 1.91. The molecular weight excluding hydrogens is 245 g/mol. The molecule has 0 atom stereocenters. The number of benzene rings is 1. The molecule has 0 aliphatic carbocycles. The number of nitrogens with zero attached hydrogens (tertiary/aromatic N) is 2. The van der Waals surface area contributed by atoms with E-state index in [1.54, 1.807) is 6.21 Å². The second-order valence-electron chi connectivity index (χ2n) is 4.17. The molecule has 0 spiro atoms. The molecule has 0 radical (unpaired) electrons. The van der Waals surface area contributed by atoms with Gasteiger partial charge in [0.25, 0.3) is 5.91 Å². The molecule has 1 amide bonds. The Balaban J connectivity index is 2.03. The van der Waals surface area contributed by atoms with Crippen molar-refractivity contribution in [3.63, 3.8) is 0 Å². The van der Waals surface area contributed by atoms with Gasteiger partial charge in [0.2, 0.25) is 0 Å². The lowest BCUT2D eigenvalue weighted by Crippen LogP contribution is -2.17. The van der Waals surface area contributed by atoms with Gasteiger partial charge < -0.3 is 4.57 Å². The maximum absolute atomic E-state index is 12.9. The van der Waals surface area contributed by atoms with Gasteiger partial charge in [-0.25, -0.2) is 9.82 Å². The molecule has 5 heteroatoms. The highest BCUT2D eigenvalue weighted by molar-refractivity contribution is 5.94. The number of hydrogen-bond donors (Lipinski definition) is 1. The van der Waals surface area contributed by atoms with Crippen molar-refractivity contribution in [3.05, 3.63) is 59.2 Å². The van der Waals surface area contributed by atoms with Crippen molar-refractivity contribution in [2.45, 2.75) is 6.92 Å². The smallest absolute Gasteiger partial charge is 0.271 e. The third-order valence-electron chi connectivity index (χ3n) is 2.86. The van der Waals surface area contributed by atoms with E-state index in [9.17, 15) is 9.18 Å². The van der Waals surface area contributed by atoms with Gasteiger partial charge in [-0.1, -0.05) is 6.07 Å². The third-order valence-corrected chi connectivity index (χ3v) is 2.86. The molecule has 4 nitrogen and oxygen atoms in total. The van der Waals surface area contributed by atoms with Crippen molar-refractivity contribution in [2.24, 2.45) is 12.1 Å². The zero-order valence-corrected chi connectivity index (χ0v) is 10.7. The van der Waals surface area contributed by atoms with Gasteiger partial charge in [-0.15, -0.1) is 0 Å². The first-order valence-corrected chi connectivity index (χ1v) is 5.79. The predicted octanol–water partition coefficient (Wildman–Crippen LogP) is 2.24. The SMILES string of the molecule is Cc1ccc(/C=N/NC(=O)c2cccc(F)c2)n1C. The predicted molar refractivity (Wildman–Crippen MR) is 71.6 cm³/mol. The molecule has 0 aliphatic rings. The second-order valence-corrected chi connectivity index (χ2v) is 4.17. The van der Waals surface area contributed by atoms with E-state index in [2.05, 4.69) is 10.5 Å². The lowest BCUT2D eigenvalue weighted by atomic mass is 10.2. The standard InChI is InChI=1S/C14H14FN3O/c1-10-6-7-13(18(10)2)9-16-17-14(19)11-4-3-5-12(15)8-11/h3-9H,1-2H3,(H,17,19)/b16-9+. The van der Waals surface area contributed by atoms with Crippen molar-refractivity contribution in [1.82, 2.24) is 9.99 Å². The highest BCUT2D eigenvalue weighted by atomic mass is 19.1. The molecule has 0 fully saturated rings. The molecule has 98 valence electrons. The first kappa shape index (κ1) is 13.0. The Morgan fingerprint density at radius 1 is 1.37 bits per heavy atom. The van der Waals surface area contributed by atoms with Crippen molar-refractivity contribution >= 4 is 12.1 Å². The summed E-state index contributed by atoms with van der Waals surface area (Å²) in [6.45, 7) is 1.97. The molecule has 2 rings (SSSR count). The number of amides is 1. The van der Waals surface area contributed by atoms with Gasteiger partial charge in [0, 0.05) is 18.3 Å². The van der Waals surface area contributed by atoms with Crippen LogP contribution in [0.3, 0.4) is 0 Å². The van der Waals surface area contributed by atoms with Crippen molar-refractivity contribution in [3.8, 4) is 0 Å². The molecule has 1 aromatic carbocycles. The summed E-state index contributed by atoms with van der Waals surface area (Å²) in [4.78, 5) is 11.7. The fourth-order valence-corrected chi connectivity index (χ4v) is 1.61. The van der Waals surface area contributed by atoms with E-state index in [1.165, 1.54) is 18.2 Å². The molecule has 1 heterocycles. The van der Waals surface area contributed by atoms with Crippen molar-refractivity contribution in [2.75, 3.05) is 0 Å². The minimum atomic E-state index is -0.449. The van der Waals surface area contributed by atoms with Crippen LogP contribution in [0.1, 0.15) is 21.7 Å². The lowest BCUT2D eigenvalue weighted by Gasteiger charge is -2.01. The number of nitrogens with one attached hydrogen (secondary N) is 1. The van der Waals surface area contributed by atoms with Crippen LogP contribution in [0.5, 0.6) is 0 Å². The maximum Gasteiger partial charge on any atom is 0.271 e. The Hall–Kier alpha value is -2.43. The summed E-state index contributed by atoms with van der Waals surface area (Å²) in [5.74, 6) is -0.892. The summed E-state index contributed by atoms with van der Waals surface area (Å²) in [5.41, 5.74) is 4.57. The van der Waals surface area contributed by atoms with E-state index in [-0.39, 0.29) is 5.56 Å². The van der Waals surface area contributed by atoms with Crippen LogP contribution in [0.25, 0.3) is 0 Å². The van der Waals surface area contributed by atoms with Crippen LogP contribution in [0, 0.1) is 12.7 Å². The Kier molecular flexibility index (Phi) is 3.75. The minimum absolute atomic E-state index is 0.236. The monoisotopic (exact) mass is 259 g/mol. The summed E-state index contributed by atoms with van der Waals surface area (Å²) >= 11 is 0.